The fourth-order valence-corrected chi connectivity index (χ4v) is 1.76. The van der Waals surface area contributed by atoms with Crippen molar-refractivity contribution in [3.8, 4) is 0 Å². The molecule has 0 saturated carbocycles. The molecule has 0 saturated heterocycles. The summed E-state index contributed by atoms with van der Waals surface area (Å²) in [6.07, 6.45) is 0. The molecule has 2 rings (SSSR count). The van der Waals surface area contributed by atoms with Crippen LogP contribution in [0.3, 0.4) is 0 Å². The third kappa shape index (κ3) is 2.58. The molecule has 2 aromatic carbocycles. The van der Waals surface area contributed by atoms with Crippen molar-refractivity contribution in [1.29, 1.82) is 0 Å². The smallest absolute Gasteiger partial charge is 0.195 e. The molecule has 0 radical (unpaired) electrons. The number of rotatable bonds is 2. The number of carbonyl (C=O) groups excluding carboxylic acids is 1. The van der Waals surface area contributed by atoms with Gasteiger partial charge in [-0.05, 0) is 42.5 Å². The zero-order valence-corrected chi connectivity index (χ0v) is 10.2. The van der Waals surface area contributed by atoms with Crippen LogP contribution in [0.1, 0.15) is 15.9 Å². The van der Waals surface area contributed by atoms with Crippen molar-refractivity contribution >= 4 is 21.7 Å². The Hall–Kier alpha value is -1.55. The summed E-state index contributed by atoms with van der Waals surface area (Å²) in [5, 5.41) is 0. The molecule has 4 heteroatoms. The van der Waals surface area contributed by atoms with Gasteiger partial charge in [-0.25, -0.2) is 8.78 Å². The molecular formula is C13H7BrF2O. The van der Waals surface area contributed by atoms with Gasteiger partial charge in [0, 0.05) is 10.0 Å². The maximum Gasteiger partial charge on any atom is 0.195 e. The average Bonchev–Trinajstić information content (AvgIpc) is 2.29. The van der Waals surface area contributed by atoms with E-state index in [1.807, 2.05) is 0 Å². The van der Waals surface area contributed by atoms with Gasteiger partial charge in [-0.15, -0.1) is 0 Å². The van der Waals surface area contributed by atoms with Gasteiger partial charge in [0.05, 0.1) is 5.56 Å². The first kappa shape index (κ1) is 11.9. The summed E-state index contributed by atoms with van der Waals surface area (Å²) >= 11 is 3.11. The van der Waals surface area contributed by atoms with Gasteiger partial charge in [-0.3, -0.25) is 4.79 Å². The van der Waals surface area contributed by atoms with E-state index in [4.69, 9.17) is 0 Å². The molecule has 0 N–H and O–H groups in total. The molecule has 0 aromatic heterocycles. The second-order valence-electron chi connectivity index (χ2n) is 3.46. The Labute approximate surface area is 105 Å². The van der Waals surface area contributed by atoms with Gasteiger partial charge in [-0.2, -0.15) is 0 Å². The first-order valence-electron chi connectivity index (χ1n) is 4.83. The molecule has 0 fully saturated rings. The van der Waals surface area contributed by atoms with Crippen molar-refractivity contribution in [3.05, 3.63) is 69.7 Å². The Bertz CT molecular complexity index is 564. The van der Waals surface area contributed by atoms with Gasteiger partial charge in [0.15, 0.2) is 5.78 Å². The van der Waals surface area contributed by atoms with Crippen molar-refractivity contribution in [2.75, 3.05) is 0 Å². The lowest BCUT2D eigenvalue weighted by molar-refractivity contribution is 0.103. The van der Waals surface area contributed by atoms with Crippen LogP contribution < -0.4 is 0 Å². The molecule has 0 heterocycles. The van der Waals surface area contributed by atoms with Crippen LogP contribution in [0.25, 0.3) is 0 Å². The van der Waals surface area contributed by atoms with E-state index < -0.39 is 17.4 Å². The fraction of sp³-hybridized carbons (Fsp3) is 0. The number of ketones is 1. The summed E-state index contributed by atoms with van der Waals surface area (Å²) in [6.45, 7) is 0. The van der Waals surface area contributed by atoms with Crippen molar-refractivity contribution in [3.63, 3.8) is 0 Å². The van der Waals surface area contributed by atoms with Gasteiger partial charge in [0.2, 0.25) is 0 Å². The average molecular weight is 297 g/mol. The van der Waals surface area contributed by atoms with Crippen LogP contribution in [-0.4, -0.2) is 5.78 Å². The molecule has 0 atom stereocenters. The molecule has 0 aliphatic carbocycles. The van der Waals surface area contributed by atoms with E-state index >= 15 is 0 Å². The minimum Gasteiger partial charge on any atom is -0.288 e. The number of carbonyl (C=O) groups is 1. The number of benzene rings is 2. The fourth-order valence-electron chi connectivity index (χ4n) is 1.43. The molecule has 0 aliphatic rings. The van der Waals surface area contributed by atoms with Crippen molar-refractivity contribution < 1.29 is 13.6 Å². The van der Waals surface area contributed by atoms with Gasteiger partial charge in [-0.1, -0.05) is 15.9 Å². The molecule has 86 valence electrons. The molecule has 17 heavy (non-hydrogen) atoms. The lowest BCUT2D eigenvalue weighted by Gasteiger charge is -2.03. The van der Waals surface area contributed by atoms with Gasteiger partial charge < -0.3 is 0 Å². The summed E-state index contributed by atoms with van der Waals surface area (Å²) in [5.41, 5.74) is 0.229. The van der Waals surface area contributed by atoms with Gasteiger partial charge in [0.25, 0.3) is 0 Å². The maximum atomic E-state index is 13.5. The van der Waals surface area contributed by atoms with E-state index in [-0.39, 0.29) is 11.1 Å². The predicted molar refractivity (Wildman–Crippen MR) is 63.9 cm³/mol. The van der Waals surface area contributed by atoms with E-state index in [0.717, 1.165) is 0 Å². The summed E-state index contributed by atoms with van der Waals surface area (Å²) in [4.78, 5) is 11.9. The van der Waals surface area contributed by atoms with Crippen LogP contribution in [0, 0.1) is 11.6 Å². The first-order chi connectivity index (χ1) is 8.08. The van der Waals surface area contributed by atoms with E-state index in [1.54, 1.807) is 6.07 Å². The Morgan fingerprint density at radius 2 is 1.65 bits per heavy atom. The highest BCUT2D eigenvalue weighted by Gasteiger charge is 2.13. The second-order valence-corrected chi connectivity index (χ2v) is 4.38. The predicted octanol–water partition coefficient (Wildman–Crippen LogP) is 3.96. The highest BCUT2D eigenvalue weighted by Crippen LogP contribution is 2.18. The van der Waals surface area contributed by atoms with Crippen LogP contribution in [-0.2, 0) is 0 Å². The monoisotopic (exact) mass is 296 g/mol. The molecule has 0 aliphatic heterocycles. The van der Waals surface area contributed by atoms with Gasteiger partial charge in [0.1, 0.15) is 11.6 Å². The number of hydrogen-bond donors (Lipinski definition) is 0. The summed E-state index contributed by atoms with van der Waals surface area (Å²) < 4.78 is 26.8. The Balaban J connectivity index is 2.40. The summed E-state index contributed by atoms with van der Waals surface area (Å²) in [6, 6.07) is 9.20. The molecule has 0 spiro atoms. The van der Waals surface area contributed by atoms with E-state index in [9.17, 15) is 13.6 Å². The minimum absolute atomic E-state index is 0.0280. The van der Waals surface area contributed by atoms with Crippen LogP contribution in [0.5, 0.6) is 0 Å². The summed E-state index contributed by atoms with van der Waals surface area (Å²) in [7, 11) is 0. The molecule has 2 aromatic rings. The molecular weight excluding hydrogens is 290 g/mol. The normalized spacial score (nSPS) is 10.3. The molecule has 1 nitrogen and oxygen atoms in total. The highest BCUT2D eigenvalue weighted by molar-refractivity contribution is 9.10. The number of halogens is 3. The van der Waals surface area contributed by atoms with Crippen LogP contribution >= 0.6 is 15.9 Å². The quantitative estimate of drug-likeness (QED) is 0.767. The second kappa shape index (κ2) is 4.75. The zero-order chi connectivity index (χ0) is 12.4. The number of hydrogen-bond acceptors (Lipinski definition) is 1. The zero-order valence-electron chi connectivity index (χ0n) is 8.58. The third-order valence-electron chi connectivity index (χ3n) is 2.28. The lowest BCUT2D eigenvalue weighted by Crippen LogP contribution is -2.04. The summed E-state index contributed by atoms with van der Waals surface area (Å²) in [5.74, 6) is -1.50. The van der Waals surface area contributed by atoms with Crippen LogP contribution in [0.15, 0.2) is 46.9 Å². The third-order valence-corrected chi connectivity index (χ3v) is 2.78. The topological polar surface area (TPSA) is 17.1 Å². The Kier molecular flexibility index (Phi) is 3.33. The highest BCUT2D eigenvalue weighted by atomic mass is 79.9. The van der Waals surface area contributed by atoms with Crippen LogP contribution in [0.2, 0.25) is 0 Å². The van der Waals surface area contributed by atoms with Crippen molar-refractivity contribution in [1.82, 2.24) is 0 Å². The van der Waals surface area contributed by atoms with Gasteiger partial charge >= 0.3 is 0 Å². The van der Waals surface area contributed by atoms with Crippen molar-refractivity contribution in [2.24, 2.45) is 0 Å². The van der Waals surface area contributed by atoms with E-state index in [2.05, 4.69) is 15.9 Å². The SMILES string of the molecule is O=C(c1ccc(F)cc1)c1ccc(Br)cc1F. The molecule has 0 bridgehead atoms. The minimum atomic E-state index is -0.603. The van der Waals surface area contributed by atoms with E-state index in [0.29, 0.717) is 4.47 Å². The van der Waals surface area contributed by atoms with Crippen molar-refractivity contribution in [2.45, 2.75) is 0 Å². The molecule has 0 amide bonds. The Morgan fingerprint density at radius 3 is 2.24 bits per heavy atom. The largest absolute Gasteiger partial charge is 0.288 e. The van der Waals surface area contributed by atoms with Crippen LogP contribution in [0.4, 0.5) is 8.78 Å². The van der Waals surface area contributed by atoms with E-state index in [1.165, 1.54) is 36.4 Å². The standard InChI is InChI=1S/C13H7BrF2O/c14-9-3-6-11(12(16)7-9)13(17)8-1-4-10(15)5-2-8/h1-7H. The first-order valence-corrected chi connectivity index (χ1v) is 5.62. The lowest BCUT2D eigenvalue weighted by atomic mass is 10.0. The maximum absolute atomic E-state index is 13.5. The molecule has 0 unspecified atom stereocenters. The Morgan fingerprint density at radius 1 is 1.00 bits per heavy atom.